The van der Waals surface area contributed by atoms with E-state index in [9.17, 15) is 0 Å². The normalized spacial score (nSPS) is 13.4. The summed E-state index contributed by atoms with van der Waals surface area (Å²) in [4.78, 5) is 1.37. The van der Waals surface area contributed by atoms with Crippen molar-refractivity contribution in [2.45, 2.75) is 39.8 Å². The second kappa shape index (κ2) is 6.88. The van der Waals surface area contributed by atoms with Crippen LogP contribution in [-0.4, -0.2) is 0 Å². The largest absolute Gasteiger partial charge is 0.305 e. The van der Waals surface area contributed by atoms with Gasteiger partial charge in [0.2, 0.25) is 0 Å². The van der Waals surface area contributed by atoms with Gasteiger partial charge in [0.05, 0.1) is 3.79 Å². The van der Waals surface area contributed by atoms with Crippen LogP contribution in [0.2, 0.25) is 0 Å². The molecular weight excluding hydrogens is 330 g/mol. The molecule has 0 saturated carbocycles. The summed E-state index contributed by atoms with van der Waals surface area (Å²) in [6, 6.07) is 15.4. The van der Waals surface area contributed by atoms with Gasteiger partial charge in [0.25, 0.3) is 0 Å². The molecule has 0 fully saturated rings. The first-order valence-corrected chi connectivity index (χ1v) is 8.57. The summed E-state index contributed by atoms with van der Waals surface area (Å²) < 4.78 is 1.20. The highest BCUT2D eigenvalue weighted by atomic mass is 79.9. The second-order valence-corrected chi connectivity index (χ2v) is 8.86. The lowest BCUT2D eigenvalue weighted by Gasteiger charge is -2.27. The molecule has 0 aliphatic rings. The van der Waals surface area contributed by atoms with E-state index in [1.165, 1.54) is 14.2 Å². The summed E-state index contributed by atoms with van der Waals surface area (Å²) in [5, 5.41) is 3.71. The summed E-state index contributed by atoms with van der Waals surface area (Å²) in [6.07, 6.45) is 1.13. The van der Waals surface area contributed by atoms with E-state index in [0.717, 1.165) is 13.0 Å². The molecule has 2 aromatic rings. The van der Waals surface area contributed by atoms with Crippen molar-refractivity contribution in [3.05, 3.63) is 56.7 Å². The highest BCUT2D eigenvalue weighted by Gasteiger charge is 2.19. The van der Waals surface area contributed by atoms with Gasteiger partial charge < -0.3 is 5.32 Å². The van der Waals surface area contributed by atoms with Crippen molar-refractivity contribution >= 4 is 27.3 Å². The lowest BCUT2D eigenvalue weighted by atomic mass is 9.85. The Morgan fingerprint density at radius 3 is 2.35 bits per heavy atom. The summed E-state index contributed by atoms with van der Waals surface area (Å²) in [6.45, 7) is 7.82. The fourth-order valence-corrected chi connectivity index (χ4v) is 3.71. The van der Waals surface area contributed by atoms with Gasteiger partial charge in [0.15, 0.2) is 0 Å². The van der Waals surface area contributed by atoms with Crippen molar-refractivity contribution in [2.75, 3.05) is 0 Å². The summed E-state index contributed by atoms with van der Waals surface area (Å²) in [5.41, 5.74) is 1.68. The van der Waals surface area contributed by atoms with Crippen LogP contribution in [0.25, 0.3) is 0 Å². The molecule has 0 bridgehead atoms. The number of thiophene rings is 1. The number of hydrogen-bond acceptors (Lipinski definition) is 2. The topological polar surface area (TPSA) is 12.0 Å². The maximum Gasteiger partial charge on any atom is 0.0701 e. The Kier molecular flexibility index (Phi) is 5.42. The van der Waals surface area contributed by atoms with E-state index in [-0.39, 0.29) is 0 Å². The average molecular weight is 352 g/mol. The zero-order valence-corrected chi connectivity index (χ0v) is 14.7. The molecule has 1 nitrogen and oxygen atoms in total. The van der Waals surface area contributed by atoms with Gasteiger partial charge in [-0.1, -0.05) is 51.1 Å². The molecule has 1 unspecified atom stereocenters. The highest BCUT2D eigenvalue weighted by molar-refractivity contribution is 9.11. The van der Waals surface area contributed by atoms with Crippen LogP contribution in [0.1, 0.15) is 43.7 Å². The van der Waals surface area contributed by atoms with E-state index in [2.05, 4.69) is 84.5 Å². The lowest BCUT2D eigenvalue weighted by molar-refractivity contribution is 0.310. The zero-order valence-electron chi connectivity index (χ0n) is 12.3. The predicted molar refractivity (Wildman–Crippen MR) is 92.1 cm³/mol. The number of nitrogens with one attached hydrogen (secondary N) is 1. The number of hydrogen-bond donors (Lipinski definition) is 1. The fraction of sp³-hybridized carbons (Fsp3) is 0.412. The van der Waals surface area contributed by atoms with Crippen LogP contribution in [0.15, 0.2) is 46.3 Å². The first-order valence-electron chi connectivity index (χ1n) is 6.96. The average Bonchev–Trinajstić information content (AvgIpc) is 2.80. The monoisotopic (exact) mass is 351 g/mol. The molecule has 20 heavy (non-hydrogen) atoms. The molecule has 1 heterocycles. The van der Waals surface area contributed by atoms with Gasteiger partial charge >= 0.3 is 0 Å². The van der Waals surface area contributed by atoms with Crippen LogP contribution >= 0.6 is 27.3 Å². The Balaban J connectivity index is 2.07. The van der Waals surface area contributed by atoms with Crippen LogP contribution < -0.4 is 5.32 Å². The van der Waals surface area contributed by atoms with Gasteiger partial charge in [-0.25, -0.2) is 0 Å². The van der Waals surface area contributed by atoms with E-state index < -0.39 is 0 Å². The van der Waals surface area contributed by atoms with Gasteiger partial charge in [-0.15, -0.1) is 11.3 Å². The Morgan fingerprint density at radius 1 is 1.10 bits per heavy atom. The molecular formula is C17H22BrNS. The molecule has 108 valence electrons. The van der Waals surface area contributed by atoms with Gasteiger partial charge in [-0.2, -0.15) is 0 Å². The third kappa shape index (κ3) is 5.04. The SMILES string of the molecule is CC(C)(C)CC(NCc1ccc(Br)s1)c1ccccc1. The molecule has 1 aromatic heterocycles. The van der Waals surface area contributed by atoms with Gasteiger partial charge in [0.1, 0.15) is 0 Å². The maximum absolute atomic E-state index is 3.71. The summed E-state index contributed by atoms with van der Waals surface area (Å²) >= 11 is 5.32. The standard InChI is InChI=1S/C17H22BrNS/c1-17(2,3)11-15(13-7-5-4-6-8-13)19-12-14-9-10-16(18)20-14/h4-10,15,19H,11-12H2,1-3H3. The van der Waals surface area contributed by atoms with E-state index in [1.54, 1.807) is 11.3 Å². The fourth-order valence-electron chi connectivity index (χ4n) is 2.28. The Hall–Kier alpha value is -0.640. The van der Waals surface area contributed by atoms with Gasteiger partial charge in [0, 0.05) is 17.5 Å². The molecule has 2 rings (SSSR count). The van der Waals surface area contributed by atoms with Gasteiger partial charge in [-0.3, -0.25) is 0 Å². The maximum atomic E-state index is 3.71. The minimum absolute atomic E-state index is 0.309. The minimum Gasteiger partial charge on any atom is -0.305 e. The molecule has 0 amide bonds. The first kappa shape index (κ1) is 15.7. The lowest BCUT2D eigenvalue weighted by Crippen LogP contribution is -2.25. The quantitative estimate of drug-likeness (QED) is 0.719. The third-order valence-electron chi connectivity index (χ3n) is 3.17. The molecule has 1 aromatic carbocycles. The van der Waals surface area contributed by atoms with Gasteiger partial charge in [-0.05, 0) is 45.5 Å². The van der Waals surface area contributed by atoms with E-state index in [4.69, 9.17) is 0 Å². The van der Waals surface area contributed by atoms with Crippen molar-refractivity contribution < 1.29 is 0 Å². The van der Waals surface area contributed by atoms with Crippen molar-refractivity contribution in [3.63, 3.8) is 0 Å². The van der Waals surface area contributed by atoms with E-state index >= 15 is 0 Å². The highest BCUT2D eigenvalue weighted by Crippen LogP contribution is 2.30. The molecule has 0 radical (unpaired) electrons. The Morgan fingerprint density at radius 2 is 1.80 bits per heavy atom. The first-order chi connectivity index (χ1) is 9.44. The summed E-state index contributed by atoms with van der Waals surface area (Å²) in [7, 11) is 0. The van der Waals surface area contributed by atoms with Crippen molar-refractivity contribution in [1.82, 2.24) is 5.32 Å². The molecule has 3 heteroatoms. The van der Waals surface area contributed by atoms with Crippen LogP contribution in [0.5, 0.6) is 0 Å². The minimum atomic E-state index is 0.309. The smallest absolute Gasteiger partial charge is 0.0701 e. The van der Waals surface area contributed by atoms with Crippen LogP contribution in [0.4, 0.5) is 0 Å². The van der Waals surface area contributed by atoms with Crippen LogP contribution in [0, 0.1) is 5.41 Å². The van der Waals surface area contributed by atoms with E-state index in [1.807, 2.05) is 0 Å². The number of rotatable bonds is 5. The third-order valence-corrected chi connectivity index (χ3v) is 4.79. The molecule has 0 aliphatic heterocycles. The van der Waals surface area contributed by atoms with Crippen molar-refractivity contribution in [3.8, 4) is 0 Å². The molecule has 1 atom stereocenters. The number of benzene rings is 1. The zero-order chi connectivity index (χ0) is 14.6. The Bertz CT molecular complexity index is 527. The molecule has 0 aliphatic carbocycles. The van der Waals surface area contributed by atoms with Crippen LogP contribution in [0.3, 0.4) is 0 Å². The van der Waals surface area contributed by atoms with E-state index in [0.29, 0.717) is 11.5 Å². The Labute approximate surface area is 134 Å². The van der Waals surface area contributed by atoms with Crippen LogP contribution in [-0.2, 0) is 6.54 Å². The van der Waals surface area contributed by atoms with Crippen molar-refractivity contribution in [1.29, 1.82) is 0 Å². The molecule has 0 spiro atoms. The predicted octanol–water partition coefficient (Wildman–Crippen LogP) is 5.78. The molecule has 1 N–H and O–H groups in total. The van der Waals surface area contributed by atoms with Crippen molar-refractivity contribution in [2.24, 2.45) is 5.41 Å². The molecule has 0 saturated heterocycles. The number of halogens is 1. The summed E-state index contributed by atoms with van der Waals surface area (Å²) in [5.74, 6) is 0. The second-order valence-electron chi connectivity index (χ2n) is 6.31.